The summed E-state index contributed by atoms with van der Waals surface area (Å²) >= 11 is 1.38. The fraction of sp³-hybridized carbons (Fsp3) is 0.217. The van der Waals surface area contributed by atoms with Crippen LogP contribution in [0.2, 0.25) is 0 Å². The van der Waals surface area contributed by atoms with E-state index in [1.807, 2.05) is 61.5 Å². The number of nitrogens with one attached hydrogen (secondary N) is 1. The first-order valence-corrected chi connectivity index (χ1v) is 10.2. The summed E-state index contributed by atoms with van der Waals surface area (Å²) in [4.78, 5) is 26.6. The van der Waals surface area contributed by atoms with E-state index >= 15 is 0 Å². The Morgan fingerprint density at radius 1 is 1.10 bits per heavy atom. The number of amides is 1. The van der Waals surface area contributed by atoms with E-state index in [0.29, 0.717) is 35.8 Å². The van der Waals surface area contributed by atoms with Crippen LogP contribution in [0.4, 0.5) is 9.80 Å². The Morgan fingerprint density at radius 2 is 1.86 bits per heavy atom. The van der Waals surface area contributed by atoms with Crippen molar-refractivity contribution >= 4 is 28.2 Å². The van der Waals surface area contributed by atoms with Crippen LogP contribution < -0.4 is 5.32 Å². The van der Waals surface area contributed by atoms with Gasteiger partial charge in [0.05, 0.1) is 18.8 Å². The number of benzene rings is 2. The minimum absolute atomic E-state index is 0.0947. The van der Waals surface area contributed by atoms with Gasteiger partial charge >= 0.3 is 6.09 Å². The number of anilines is 1. The smallest absolute Gasteiger partial charge is 0.412 e. The van der Waals surface area contributed by atoms with Gasteiger partial charge in [-0.05, 0) is 24.5 Å². The maximum Gasteiger partial charge on any atom is 0.412 e. The second kappa shape index (κ2) is 8.59. The third-order valence-electron chi connectivity index (χ3n) is 4.79. The molecule has 0 aliphatic carbocycles. The number of hydrogen-bond acceptors (Lipinski definition) is 5. The lowest BCUT2D eigenvalue weighted by molar-refractivity contribution is 0.102. The molecule has 0 fully saturated rings. The van der Waals surface area contributed by atoms with Crippen molar-refractivity contribution in [3.8, 4) is 0 Å². The van der Waals surface area contributed by atoms with Crippen molar-refractivity contribution in [1.29, 1.82) is 0 Å². The molecular formula is C23H21NO4S. The molecule has 148 valence electrons. The lowest BCUT2D eigenvalue weighted by atomic mass is 9.97. The molecule has 6 heteroatoms. The minimum atomic E-state index is -0.577. The third-order valence-corrected chi connectivity index (χ3v) is 5.91. The van der Waals surface area contributed by atoms with E-state index in [1.54, 1.807) is 0 Å². The lowest BCUT2D eigenvalue weighted by Crippen LogP contribution is -2.16. The second-order valence-corrected chi connectivity index (χ2v) is 8.00. The van der Waals surface area contributed by atoms with Gasteiger partial charge < -0.3 is 9.47 Å². The number of aryl methyl sites for hydroxylation is 1. The molecule has 1 amide bonds. The summed E-state index contributed by atoms with van der Waals surface area (Å²) in [6.07, 6.45) is 0.0748. The maximum absolute atomic E-state index is 13.2. The topological polar surface area (TPSA) is 64.6 Å². The molecule has 1 aliphatic rings. The second-order valence-electron chi connectivity index (χ2n) is 6.89. The molecule has 2 aromatic carbocycles. The minimum Gasteiger partial charge on any atom is -0.444 e. The predicted octanol–water partition coefficient (Wildman–Crippen LogP) is 5.11. The van der Waals surface area contributed by atoms with Crippen molar-refractivity contribution in [2.24, 2.45) is 0 Å². The Hall–Kier alpha value is -2.96. The highest BCUT2D eigenvalue weighted by atomic mass is 32.1. The highest BCUT2D eigenvalue weighted by Crippen LogP contribution is 2.38. The number of ketones is 1. The number of carbonyl (C=O) groups excluding carboxylic acids is 2. The molecule has 0 atom stereocenters. The molecule has 0 bridgehead atoms. The number of hydrogen-bond donors (Lipinski definition) is 1. The molecule has 0 spiro atoms. The maximum atomic E-state index is 13.2. The highest BCUT2D eigenvalue weighted by Gasteiger charge is 2.27. The molecule has 1 N–H and O–H groups in total. The molecule has 0 unspecified atom stereocenters. The molecule has 0 radical (unpaired) electrons. The summed E-state index contributed by atoms with van der Waals surface area (Å²) in [6, 6.07) is 16.9. The fourth-order valence-corrected chi connectivity index (χ4v) is 4.43. The van der Waals surface area contributed by atoms with Gasteiger partial charge in [0.2, 0.25) is 0 Å². The molecule has 1 aromatic heterocycles. The van der Waals surface area contributed by atoms with E-state index in [0.717, 1.165) is 21.6 Å². The van der Waals surface area contributed by atoms with Crippen LogP contribution in [0.1, 0.15) is 37.5 Å². The summed E-state index contributed by atoms with van der Waals surface area (Å²) < 4.78 is 10.9. The van der Waals surface area contributed by atoms with Gasteiger partial charge in [-0.3, -0.25) is 10.1 Å². The van der Waals surface area contributed by atoms with E-state index in [9.17, 15) is 9.59 Å². The molecule has 5 nitrogen and oxygen atoms in total. The van der Waals surface area contributed by atoms with Gasteiger partial charge in [-0.15, -0.1) is 11.3 Å². The summed E-state index contributed by atoms with van der Waals surface area (Å²) in [5, 5.41) is 3.30. The van der Waals surface area contributed by atoms with Gasteiger partial charge in [0.15, 0.2) is 5.78 Å². The number of thiophene rings is 1. The SMILES string of the molecule is Cc1ccc(C(=O)c2c(NC(=O)OCc3ccccc3)sc3c2CCOC3)cc1. The standard InChI is InChI=1S/C23H21NO4S/c1-15-7-9-17(10-8-15)21(25)20-18-11-12-27-14-19(18)29-22(20)24-23(26)28-13-16-5-3-2-4-6-16/h2-10H,11-14H2,1H3,(H,24,26). The van der Waals surface area contributed by atoms with Crippen LogP contribution in [0.5, 0.6) is 0 Å². The Balaban J connectivity index is 1.57. The summed E-state index contributed by atoms with van der Waals surface area (Å²) in [7, 11) is 0. The van der Waals surface area contributed by atoms with E-state index in [1.165, 1.54) is 11.3 Å². The van der Waals surface area contributed by atoms with Crippen molar-refractivity contribution in [2.45, 2.75) is 26.6 Å². The first kappa shape index (κ1) is 19.4. The van der Waals surface area contributed by atoms with Crippen LogP contribution in [0.25, 0.3) is 0 Å². The normalized spacial score (nSPS) is 12.9. The van der Waals surface area contributed by atoms with Crippen molar-refractivity contribution < 1.29 is 19.1 Å². The Bertz CT molecular complexity index is 1030. The quantitative estimate of drug-likeness (QED) is 0.597. The Labute approximate surface area is 173 Å². The summed E-state index contributed by atoms with van der Waals surface area (Å²) in [5.74, 6) is -0.0947. The Morgan fingerprint density at radius 3 is 2.62 bits per heavy atom. The van der Waals surface area contributed by atoms with Gasteiger partial charge in [-0.1, -0.05) is 60.2 Å². The monoisotopic (exact) mass is 407 g/mol. The van der Waals surface area contributed by atoms with Crippen LogP contribution in [-0.4, -0.2) is 18.5 Å². The molecular weight excluding hydrogens is 386 g/mol. The first-order valence-electron chi connectivity index (χ1n) is 9.43. The van der Waals surface area contributed by atoms with Crippen LogP contribution in [0.3, 0.4) is 0 Å². The Kier molecular flexibility index (Phi) is 5.74. The predicted molar refractivity (Wildman–Crippen MR) is 113 cm³/mol. The van der Waals surface area contributed by atoms with E-state index in [-0.39, 0.29) is 12.4 Å². The molecule has 3 aromatic rings. The van der Waals surface area contributed by atoms with Crippen LogP contribution in [-0.2, 0) is 29.1 Å². The number of fused-ring (bicyclic) bond motifs is 1. The zero-order valence-electron chi connectivity index (χ0n) is 16.1. The van der Waals surface area contributed by atoms with Gasteiger partial charge in [0, 0.05) is 10.4 Å². The largest absolute Gasteiger partial charge is 0.444 e. The van der Waals surface area contributed by atoms with E-state index < -0.39 is 6.09 Å². The molecule has 0 saturated carbocycles. The van der Waals surface area contributed by atoms with Gasteiger partial charge in [-0.25, -0.2) is 4.79 Å². The van der Waals surface area contributed by atoms with Crippen LogP contribution >= 0.6 is 11.3 Å². The average Bonchev–Trinajstić information content (AvgIpc) is 3.10. The molecule has 4 rings (SSSR count). The van der Waals surface area contributed by atoms with Gasteiger partial charge in [0.25, 0.3) is 0 Å². The number of ether oxygens (including phenoxy) is 2. The van der Waals surface area contributed by atoms with E-state index in [2.05, 4.69) is 5.32 Å². The highest BCUT2D eigenvalue weighted by molar-refractivity contribution is 7.17. The zero-order chi connectivity index (χ0) is 20.2. The molecule has 29 heavy (non-hydrogen) atoms. The molecule has 2 heterocycles. The van der Waals surface area contributed by atoms with Crippen molar-refractivity contribution in [2.75, 3.05) is 11.9 Å². The first-order chi connectivity index (χ1) is 14.1. The summed E-state index contributed by atoms with van der Waals surface area (Å²) in [6.45, 7) is 3.17. The van der Waals surface area contributed by atoms with E-state index in [4.69, 9.17) is 9.47 Å². The fourth-order valence-electron chi connectivity index (χ4n) is 3.26. The van der Waals surface area contributed by atoms with Gasteiger partial charge in [0.1, 0.15) is 11.6 Å². The number of rotatable bonds is 5. The third kappa shape index (κ3) is 4.39. The van der Waals surface area contributed by atoms with Gasteiger partial charge in [-0.2, -0.15) is 0 Å². The molecule has 0 saturated heterocycles. The van der Waals surface area contributed by atoms with Crippen molar-refractivity contribution in [3.05, 3.63) is 87.3 Å². The van der Waals surface area contributed by atoms with Crippen molar-refractivity contribution in [1.82, 2.24) is 0 Å². The average molecular weight is 407 g/mol. The zero-order valence-corrected chi connectivity index (χ0v) is 16.9. The van der Waals surface area contributed by atoms with Crippen LogP contribution in [0.15, 0.2) is 54.6 Å². The number of carbonyl (C=O) groups is 2. The summed E-state index contributed by atoms with van der Waals surface area (Å²) in [5.41, 5.74) is 4.10. The van der Waals surface area contributed by atoms with Crippen molar-refractivity contribution in [3.63, 3.8) is 0 Å². The molecule has 1 aliphatic heterocycles. The van der Waals surface area contributed by atoms with Crippen LogP contribution in [0, 0.1) is 6.92 Å². The lowest BCUT2D eigenvalue weighted by Gasteiger charge is -2.13.